The molecule has 0 aliphatic carbocycles. The first-order valence-corrected chi connectivity index (χ1v) is 8.44. The van der Waals surface area contributed by atoms with E-state index in [9.17, 15) is 0 Å². The second kappa shape index (κ2) is 5.84. The smallest absolute Gasteiger partial charge is 0.123 e. The van der Waals surface area contributed by atoms with E-state index in [0.29, 0.717) is 10.9 Å². The van der Waals surface area contributed by atoms with Crippen LogP contribution in [0.1, 0.15) is 39.6 Å². The molecular weight excluding hydrogens is 324 g/mol. The Labute approximate surface area is 135 Å². The molecule has 0 amide bonds. The number of hydrogen-bond acceptors (Lipinski definition) is 1. The van der Waals surface area contributed by atoms with Gasteiger partial charge in [-0.1, -0.05) is 46.3 Å². The minimum absolute atomic E-state index is 0.309. The minimum atomic E-state index is 0.309. The Morgan fingerprint density at radius 1 is 1.14 bits per heavy atom. The molecule has 1 heterocycles. The third-order valence-corrected chi connectivity index (χ3v) is 5.12. The number of aryl methyl sites for hydroxylation is 2. The van der Waals surface area contributed by atoms with Gasteiger partial charge in [-0.2, -0.15) is 0 Å². The Balaban J connectivity index is 1.78. The molecule has 110 valence electrons. The Bertz CT molecular complexity index is 663. The van der Waals surface area contributed by atoms with Crippen LogP contribution in [0, 0.1) is 13.8 Å². The molecule has 0 saturated heterocycles. The summed E-state index contributed by atoms with van der Waals surface area (Å²) in [4.78, 5) is 0.348. The van der Waals surface area contributed by atoms with Crippen LogP contribution in [0.15, 0.2) is 36.4 Å². The normalized spacial score (nSPS) is 18.2. The second-order valence-electron chi connectivity index (χ2n) is 6.09. The Morgan fingerprint density at radius 2 is 1.95 bits per heavy atom. The SMILES string of the molecule is Cc1ccc(CC(Br)c2ccc3c(c2)CC(C)O3)cc1C. The topological polar surface area (TPSA) is 9.23 Å². The fraction of sp³-hybridized carbons (Fsp3) is 0.368. The van der Waals surface area contributed by atoms with Gasteiger partial charge in [-0.15, -0.1) is 0 Å². The van der Waals surface area contributed by atoms with E-state index < -0.39 is 0 Å². The first kappa shape index (κ1) is 14.6. The molecule has 1 aliphatic heterocycles. The Hall–Kier alpha value is -1.28. The average molecular weight is 345 g/mol. The van der Waals surface area contributed by atoms with E-state index >= 15 is 0 Å². The zero-order valence-corrected chi connectivity index (χ0v) is 14.4. The van der Waals surface area contributed by atoms with Crippen LogP contribution in [-0.2, 0) is 12.8 Å². The number of alkyl halides is 1. The molecule has 0 radical (unpaired) electrons. The van der Waals surface area contributed by atoms with Gasteiger partial charge in [-0.3, -0.25) is 0 Å². The molecule has 21 heavy (non-hydrogen) atoms. The van der Waals surface area contributed by atoms with E-state index in [1.807, 2.05) is 0 Å². The zero-order valence-electron chi connectivity index (χ0n) is 12.8. The third-order valence-electron chi connectivity index (χ3n) is 4.27. The molecular formula is C19H21BrO. The van der Waals surface area contributed by atoms with E-state index in [0.717, 1.165) is 18.6 Å². The summed E-state index contributed by atoms with van der Waals surface area (Å²) in [6.07, 6.45) is 2.34. The molecule has 3 rings (SSSR count). The van der Waals surface area contributed by atoms with Crippen LogP contribution < -0.4 is 4.74 Å². The van der Waals surface area contributed by atoms with Crippen LogP contribution in [-0.4, -0.2) is 6.10 Å². The van der Waals surface area contributed by atoms with Crippen molar-refractivity contribution >= 4 is 15.9 Å². The van der Waals surface area contributed by atoms with E-state index in [2.05, 4.69) is 73.1 Å². The van der Waals surface area contributed by atoms with Gasteiger partial charge < -0.3 is 4.74 Å². The summed E-state index contributed by atoms with van der Waals surface area (Å²) in [5, 5.41) is 0. The van der Waals surface area contributed by atoms with Crippen molar-refractivity contribution in [2.24, 2.45) is 0 Å². The van der Waals surface area contributed by atoms with Crippen LogP contribution in [0.25, 0.3) is 0 Å². The lowest BCUT2D eigenvalue weighted by molar-refractivity contribution is 0.254. The molecule has 2 unspecified atom stereocenters. The first-order valence-electron chi connectivity index (χ1n) is 7.52. The van der Waals surface area contributed by atoms with E-state index in [-0.39, 0.29) is 0 Å². The molecule has 0 spiro atoms. The molecule has 0 aromatic heterocycles. The molecule has 1 nitrogen and oxygen atoms in total. The van der Waals surface area contributed by atoms with Crippen LogP contribution in [0.3, 0.4) is 0 Å². The van der Waals surface area contributed by atoms with Crippen LogP contribution >= 0.6 is 15.9 Å². The number of rotatable bonds is 3. The number of benzene rings is 2. The molecule has 2 aromatic carbocycles. The fourth-order valence-electron chi connectivity index (χ4n) is 2.89. The highest BCUT2D eigenvalue weighted by atomic mass is 79.9. The van der Waals surface area contributed by atoms with Crippen LogP contribution in [0.2, 0.25) is 0 Å². The summed E-state index contributed by atoms with van der Waals surface area (Å²) >= 11 is 3.85. The number of fused-ring (bicyclic) bond motifs is 1. The van der Waals surface area contributed by atoms with Gasteiger partial charge in [-0.05, 0) is 61.1 Å². The second-order valence-corrected chi connectivity index (χ2v) is 7.20. The van der Waals surface area contributed by atoms with Gasteiger partial charge in [0.2, 0.25) is 0 Å². The molecule has 1 aliphatic rings. The third kappa shape index (κ3) is 3.16. The van der Waals surface area contributed by atoms with E-state index in [1.165, 1.54) is 27.8 Å². The van der Waals surface area contributed by atoms with Crippen LogP contribution in [0.4, 0.5) is 0 Å². The maximum atomic E-state index is 5.77. The zero-order chi connectivity index (χ0) is 15.0. The minimum Gasteiger partial charge on any atom is -0.490 e. The fourth-order valence-corrected chi connectivity index (χ4v) is 3.55. The Morgan fingerprint density at radius 3 is 2.71 bits per heavy atom. The van der Waals surface area contributed by atoms with Crippen molar-refractivity contribution in [1.82, 2.24) is 0 Å². The number of halogens is 1. The highest BCUT2D eigenvalue weighted by Crippen LogP contribution is 2.34. The van der Waals surface area contributed by atoms with Gasteiger partial charge in [-0.25, -0.2) is 0 Å². The van der Waals surface area contributed by atoms with Crippen molar-refractivity contribution in [3.63, 3.8) is 0 Å². The molecule has 0 bridgehead atoms. The van der Waals surface area contributed by atoms with Crippen molar-refractivity contribution in [2.45, 2.75) is 44.5 Å². The van der Waals surface area contributed by atoms with Gasteiger partial charge in [0.25, 0.3) is 0 Å². The van der Waals surface area contributed by atoms with Crippen molar-refractivity contribution in [3.05, 3.63) is 64.2 Å². The lowest BCUT2D eigenvalue weighted by Gasteiger charge is -2.13. The summed E-state index contributed by atoms with van der Waals surface area (Å²) < 4.78 is 5.77. The molecule has 2 atom stereocenters. The quantitative estimate of drug-likeness (QED) is 0.686. The highest BCUT2D eigenvalue weighted by Gasteiger charge is 2.20. The van der Waals surface area contributed by atoms with Gasteiger partial charge in [0.15, 0.2) is 0 Å². The lowest BCUT2D eigenvalue weighted by atomic mass is 9.99. The van der Waals surface area contributed by atoms with E-state index in [1.54, 1.807) is 0 Å². The number of ether oxygens (including phenoxy) is 1. The summed E-state index contributed by atoms with van der Waals surface area (Å²) in [5.74, 6) is 1.05. The first-order chi connectivity index (χ1) is 10.0. The molecule has 0 saturated carbocycles. The predicted octanol–water partition coefficient (Wildman–Crippen LogP) is 5.31. The van der Waals surface area contributed by atoms with Crippen molar-refractivity contribution < 1.29 is 4.74 Å². The molecule has 0 fully saturated rings. The highest BCUT2D eigenvalue weighted by molar-refractivity contribution is 9.09. The monoisotopic (exact) mass is 344 g/mol. The standard InChI is InChI=1S/C19H21BrO/c1-12-4-5-15(8-13(12)2)10-18(20)16-6-7-19-17(11-16)9-14(3)21-19/h4-8,11,14,18H,9-10H2,1-3H3. The molecule has 2 heteroatoms. The van der Waals surface area contributed by atoms with Gasteiger partial charge >= 0.3 is 0 Å². The number of hydrogen-bond donors (Lipinski definition) is 0. The van der Waals surface area contributed by atoms with Gasteiger partial charge in [0.05, 0.1) is 0 Å². The summed E-state index contributed by atoms with van der Waals surface area (Å²) in [6.45, 7) is 6.46. The lowest BCUT2D eigenvalue weighted by Crippen LogP contribution is -2.05. The van der Waals surface area contributed by atoms with Gasteiger partial charge in [0.1, 0.15) is 11.9 Å². The molecule has 0 N–H and O–H groups in total. The Kier molecular flexibility index (Phi) is 4.08. The van der Waals surface area contributed by atoms with Crippen molar-refractivity contribution in [2.75, 3.05) is 0 Å². The summed E-state index contributed by atoms with van der Waals surface area (Å²) in [7, 11) is 0. The van der Waals surface area contributed by atoms with Gasteiger partial charge in [0, 0.05) is 11.2 Å². The van der Waals surface area contributed by atoms with Crippen LogP contribution in [0.5, 0.6) is 5.75 Å². The van der Waals surface area contributed by atoms with Crippen molar-refractivity contribution in [3.8, 4) is 5.75 Å². The average Bonchev–Trinajstić information content (AvgIpc) is 2.82. The predicted molar refractivity (Wildman–Crippen MR) is 91.5 cm³/mol. The van der Waals surface area contributed by atoms with E-state index in [4.69, 9.17) is 4.74 Å². The summed E-state index contributed by atoms with van der Waals surface area (Å²) in [5.41, 5.74) is 6.77. The summed E-state index contributed by atoms with van der Waals surface area (Å²) in [6, 6.07) is 13.3. The van der Waals surface area contributed by atoms with Crippen molar-refractivity contribution in [1.29, 1.82) is 0 Å². The molecule has 2 aromatic rings. The maximum absolute atomic E-state index is 5.77. The largest absolute Gasteiger partial charge is 0.490 e. The maximum Gasteiger partial charge on any atom is 0.123 e.